The fourth-order valence-electron chi connectivity index (χ4n) is 2.14. The molecule has 1 aromatic rings. The lowest BCUT2D eigenvalue weighted by atomic mass is 9.95. The van der Waals surface area contributed by atoms with Gasteiger partial charge < -0.3 is 25.4 Å². The van der Waals surface area contributed by atoms with Crippen molar-refractivity contribution in [3.8, 4) is 11.5 Å². The van der Waals surface area contributed by atoms with Gasteiger partial charge in [0.05, 0.1) is 25.5 Å². The molecule has 0 aromatic heterocycles. The number of carbonyl (C=O) groups excluding carboxylic acids is 2. The molecule has 0 saturated carbocycles. The molecule has 0 bridgehead atoms. The minimum atomic E-state index is -0.592. The predicted molar refractivity (Wildman–Crippen MR) is 103 cm³/mol. The first-order valence-corrected chi connectivity index (χ1v) is 8.81. The first kappa shape index (κ1) is 21.8. The number of amides is 2. The third-order valence-electron chi connectivity index (χ3n) is 3.71. The van der Waals surface area contributed by atoms with Gasteiger partial charge in [0.15, 0.2) is 11.5 Å². The highest BCUT2D eigenvalue weighted by Crippen LogP contribution is 2.34. The molecule has 1 rings (SSSR count). The second kappa shape index (κ2) is 10.0. The first-order chi connectivity index (χ1) is 12.2. The van der Waals surface area contributed by atoms with E-state index in [1.54, 1.807) is 12.1 Å². The van der Waals surface area contributed by atoms with Crippen molar-refractivity contribution >= 4 is 17.5 Å². The van der Waals surface area contributed by atoms with Crippen LogP contribution in [0, 0.1) is 5.41 Å². The maximum atomic E-state index is 12.6. The first-order valence-electron chi connectivity index (χ1n) is 8.81. The zero-order valence-electron chi connectivity index (χ0n) is 16.6. The Balaban J connectivity index is 3.05. The minimum Gasteiger partial charge on any atom is -0.493 e. The van der Waals surface area contributed by atoms with Crippen molar-refractivity contribution in [1.29, 1.82) is 0 Å². The maximum Gasteiger partial charge on any atom is 0.253 e. The largest absolute Gasteiger partial charge is 0.493 e. The highest BCUT2D eigenvalue weighted by Gasteiger charge is 2.24. The van der Waals surface area contributed by atoms with Gasteiger partial charge in [-0.3, -0.25) is 9.59 Å². The number of rotatable bonds is 9. The van der Waals surface area contributed by atoms with Crippen molar-refractivity contribution in [3.63, 3.8) is 0 Å². The molecule has 7 heteroatoms. The minimum absolute atomic E-state index is 0.191. The Morgan fingerprint density at radius 1 is 1.00 bits per heavy atom. The zero-order chi connectivity index (χ0) is 19.7. The van der Waals surface area contributed by atoms with Crippen LogP contribution in [-0.2, 0) is 4.79 Å². The molecule has 0 aliphatic rings. The van der Waals surface area contributed by atoms with E-state index in [1.165, 1.54) is 14.2 Å². The van der Waals surface area contributed by atoms with Gasteiger partial charge in [0, 0.05) is 24.6 Å². The number of hydrogen-bond donors (Lipinski definition) is 3. The number of anilines is 1. The fraction of sp³-hybridized carbons (Fsp3) is 0.579. The van der Waals surface area contributed by atoms with E-state index in [2.05, 4.69) is 22.9 Å². The van der Waals surface area contributed by atoms with E-state index in [9.17, 15) is 9.59 Å². The summed E-state index contributed by atoms with van der Waals surface area (Å²) in [5.74, 6) is 0.394. The summed E-state index contributed by atoms with van der Waals surface area (Å²) in [7, 11) is 3.01. The van der Waals surface area contributed by atoms with Crippen LogP contribution in [0.4, 0.5) is 5.69 Å². The van der Waals surface area contributed by atoms with E-state index in [-0.39, 0.29) is 11.8 Å². The number of benzene rings is 1. The number of nitrogens with one attached hydrogen (secondary N) is 3. The van der Waals surface area contributed by atoms with Crippen LogP contribution < -0.4 is 25.4 Å². The topological polar surface area (TPSA) is 88.7 Å². The molecule has 2 amide bonds. The molecule has 0 aliphatic carbocycles. The van der Waals surface area contributed by atoms with Crippen LogP contribution in [-0.4, -0.2) is 45.7 Å². The average molecular weight is 365 g/mol. The third kappa shape index (κ3) is 6.22. The third-order valence-corrected chi connectivity index (χ3v) is 3.71. The van der Waals surface area contributed by atoms with Gasteiger partial charge in [-0.2, -0.15) is 0 Å². The Hall–Kier alpha value is -2.28. The molecule has 0 radical (unpaired) electrons. The molecule has 0 fully saturated rings. The Bertz CT molecular complexity index is 624. The van der Waals surface area contributed by atoms with E-state index >= 15 is 0 Å². The lowest BCUT2D eigenvalue weighted by molar-refractivity contribution is -0.123. The SMILES string of the molecule is CCCNCCNC(=O)c1cc(OC)c(OC)cc1NC(=O)C(C)(C)C. The van der Waals surface area contributed by atoms with Crippen LogP contribution in [0.15, 0.2) is 12.1 Å². The maximum absolute atomic E-state index is 12.6. The van der Waals surface area contributed by atoms with Crippen LogP contribution in [0.1, 0.15) is 44.5 Å². The molecule has 0 aliphatic heterocycles. The van der Waals surface area contributed by atoms with Gasteiger partial charge in [0.25, 0.3) is 5.91 Å². The highest BCUT2D eigenvalue weighted by atomic mass is 16.5. The van der Waals surface area contributed by atoms with Gasteiger partial charge in [0.1, 0.15) is 0 Å². The fourth-order valence-corrected chi connectivity index (χ4v) is 2.14. The standard InChI is InChI=1S/C19H31N3O4/c1-7-8-20-9-10-21-17(23)13-11-15(25-5)16(26-6)12-14(13)22-18(24)19(2,3)4/h11-12,20H,7-10H2,1-6H3,(H,21,23)(H,22,24). The summed E-state index contributed by atoms with van der Waals surface area (Å²) in [6, 6.07) is 3.18. The van der Waals surface area contributed by atoms with Gasteiger partial charge in [-0.15, -0.1) is 0 Å². The lowest BCUT2D eigenvalue weighted by Gasteiger charge is -2.20. The number of methoxy groups -OCH3 is 2. The van der Waals surface area contributed by atoms with Gasteiger partial charge in [-0.25, -0.2) is 0 Å². The smallest absolute Gasteiger partial charge is 0.253 e. The molecule has 0 heterocycles. The van der Waals surface area contributed by atoms with Crippen molar-refractivity contribution in [3.05, 3.63) is 17.7 Å². The van der Waals surface area contributed by atoms with E-state index in [1.807, 2.05) is 20.8 Å². The monoisotopic (exact) mass is 365 g/mol. The number of hydrogen-bond acceptors (Lipinski definition) is 5. The van der Waals surface area contributed by atoms with Crippen molar-refractivity contribution in [2.75, 3.05) is 39.2 Å². The van der Waals surface area contributed by atoms with Crippen molar-refractivity contribution < 1.29 is 19.1 Å². The molecule has 146 valence electrons. The Morgan fingerprint density at radius 2 is 1.62 bits per heavy atom. The molecular weight excluding hydrogens is 334 g/mol. The zero-order valence-corrected chi connectivity index (χ0v) is 16.6. The summed E-state index contributed by atoms with van der Waals surface area (Å²) in [5, 5.41) is 8.89. The summed E-state index contributed by atoms with van der Waals surface area (Å²) in [4.78, 5) is 25.0. The van der Waals surface area contributed by atoms with Gasteiger partial charge in [0.2, 0.25) is 5.91 Å². The predicted octanol–water partition coefficient (Wildman–Crippen LogP) is 2.42. The molecule has 0 unspecified atom stereocenters. The second-order valence-corrected chi connectivity index (χ2v) is 6.96. The van der Waals surface area contributed by atoms with Crippen LogP contribution in [0.25, 0.3) is 0 Å². The van der Waals surface area contributed by atoms with E-state index in [4.69, 9.17) is 9.47 Å². The molecular formula is C19H31N3O4. The summed E-state index contributed by atoms with van der Waals surface area (Å²) < 4.78 is 10.6. The number of ether oxygens (including phenoxy) is 2. The molecule has 0 saturated heterocycles. The van der Waals surface area contributed by atoms with E-state index in [0.717, 1.165) is 13.0 Å². The van der Waals surface area contributed by atoms with Gasteiger partial charge in [-0.05, 0) is 19.0 Å². The van der Waals surface area contributed by atoms with Crippen molar-refractivity contribution in [2.45, 2.75) is 34.1 Å². The molecule has 0 spiro atoms. The van der Waals surface area contributed by atoms with Gasteiger partial charge >= 0.3 is 0 Å². The Labute approximate surface area is 155 Å². The molecule has 26 heavy (non-hydrogen) atoms. The lowest BCUT2D eigenvalue weighted by Crippen LogP contribution is -2.33. The second-order valence-electron chi connectivity index (χ2n) is 6.96. The highest BCUT2D eigenvalue weighted by molar-refractivity contribution is 6.05. The van der Waals surface area contributed by atoms with E-state index < -0.39 is 5.41 Å². The Kier molecular flexibility index (Phi) is 8.38. The molecule has 0 atom stereocenters. The summed E-state index contributed by atoms with van der Waals surface area (Å²) in [5.41, 5.74) is 0.127. The molecule has 3 N–H and O–H groups in total. The van der Waals surface area contributed by atoms with Crippen LogP contribution in [0.2, 0.25) is 0 Å². The number of carbonyl (C=O) groups is 2. The summed E-state index contributed by atoms with van der Waals surface area (Å²) in [6.07, 6.45) is 1.03. The van der Waals surface area contributed by atoms with Gasteiger partial charge in [-0.1, -0.05) is 27.7 Å². The van der Waals surface area contributed by atoms with Crippen LogP contribution in [0.5, 0.6) is 11.5 Å². The Morgan fingerprint density at radius 3 is 2.15 bits per heavy atom. The van der Waals surface area contributed by atoms with Crippen LogP contribution >= 0.6 is 0 Å². The summed E-state index contributed by atoms with van der Waals surface area (Å²) >= 11 is 0. The molecule has 1 aromatic carbocycles. The van der Waals surface area contributed by atoms with Crippen molar-refractivity contribution in [2.24, 2.45) is 5.41 Å². The van der Waals surface area contributed by atoms with Crippen molar-refractivity contribution in [1.82, 2.24) is 10.6 Å². The summed E-state index contributed by atoms with van der Waals surface area (Å²) in [6.45, 7) is 9.57. The average Bonchev–Trinajstić information content (AvgIpc) is 2.60. The molecule has 7 nitrogen and oxygen atoms in total. The van der Waals surface area contributed by atoms with E-state index in [0.29, 0.717) is 35.8 Å². The van der Waals surface area contributed by atoms with Crippen LogP contribution in [0.3, 0.4) is 0 Å². The quantitative estimate of drug-likeness (QED) is 0.585. The normalized spacial score (nSPS) is 11.0.